The fraction of sp³-hybridized carbons (Fsp3) is 0.500. The van der Waals surface area contributed by atoms with Crippen LogP contribution in [-0.4, -0.2) is 36.1 Å². The Hall–Kier alpha value is -0.840. The number of rotatable bonds is 6. The first-order chi connectivity index (χ1) is 8.52. The molecule has 6 heteroatoms. The van der Waals surface area contributed by atoms with E-state index in [1.54, 1.807) is 13.0 Å². The van der Waals surface area contributed by atoms with Crippen molar-refractivity contribution >= 4 is 29.2 Å². The van der Waals surface area contributed by atoms with Gasteiger partial charge in [-0.05, 0) is 20.0 Å². The van der Waals surface area contributed by atoms with Gasteiger partial charge in [-0.25, -0.2) is 4.98 Å². The Bertz CT molecular complexity index is 413. The molecular weight excluding hydrogens is 275 g/mol. The van der Waals surface area contributed by atoms with Crippen LogP contribution in [0.25, 0.3) is 0 Å². The number of hydrogen-bond acceptors (Lipinski definition) is 4. The molecular formula is C12H16Cl2N2O2. The molecule has 0 atom stereocenters. The lowest BCUT2D eigenvalue weighted by Gasteiger charge is -2.16. The Labute approximate surface area is 117 Å². The molecule has 0 saturated carbocycles. The van der Waals surface area contributed by atoms with E-state index in [-0.39, 0.29) is 5.97 Å². The minimum atomic E-state index is -0.190. The molecule has 1 aromatic heterocycles. The van der Waals surface area contributed by atoms with E-state index in [0.29, 0.717) is 36.4 Å². The van der Waals surface area contributed by atoms with Crippen LogP contribution in [-0.2, 0) is 16.1 Å². The second-order valence-corrected chi connectivity index (χ2v) is 4.62. The van der Waals surface area contributed by atoms with Gasteiger partial charge >= 0.3 is 5.97 Å². The normalized spacial score (nSPS) is 10.7. The molecule has 1 rings (SSSR count). The molecule has 0 aromatic carbocycles. The average molecular weight is 291 g/mol. The van der Waals surface area contributed by atoms with Crippen LogP contribution in [0.15, 0.2) is 12.1 Å². The Morgan fingerprint density at radius 3 is 2.78 bits per heavy atom. The van der Waals surface area contributed by atoms with E-state index in [1.807, 2.05) is 18.0 Å². The van der Waals surface area contributed by atoms with E-state index in [4.69, 9.17) is 27.9 Å². The highest BCUT2D eigenvalue weighted by Crippen LogP contribution is 2.17. The molecule has 0 aliphatic carbocycles. The summed E-state index contributed by atoms with van der Waals surface area (Å²) in [4.78, 5) is 17.2. The predicted molar refractivity (Wildman–Crippen MR) is 71.8 cm³/mol. The van der Waals surface area contributed by atoms with Crippen molar-refractivity contribution in [3.8, 4) is 0 Å². The SMILES string of the molecule is CCOC(=O)CCN(C)Cc1ccc(Cl)nc1Cl. The highest BCUT2D eigenvalue weighted by Gasteiger charge is 2.08. The summed E-state index contributed by atoms with van der Waals surface area (Å²) in [5, 5.41) is 0.767. The number of pyridine rings is 1. The fourth-order valence-corrected chi connectivity index (χ4v) is 1.85. The summed E-state index contributed by atoms with van der Waals surface area (Å²) in [5.41, 5.74) is 0.882. The van der Waals surface area contributed by atoms with E-state index in [2.05, 4.69) is 4.98 Å². The second kappa shape index (κ2) is 7.56. The van der Waals surface area contributed by atoms with Gasteiger partial charge in [-0.15, -0.1) is 0 Å². The average Bonchev–Trinajstić information content (AvgIpc) is 2.31. The topological polar surface area (TPSA) is 42.4 Å². The van der Waals surface area contributed by atoms with Crippen molar-refractivity contribution < 1.29 is 9.53 Å². The molecule has 0 aliphatic rings. The summed E-state index contributed by atoms with van der Waals surface area (Å²) in [6.45, 7) is 3.43. The Kier molecular flexibility index (Phi) is 6.39. The predicted octanol–water partition coefficient (Wildman–Crippen LogP) is 2.77. The van der Waals surface area contributed by atoms with E-state index in [9.17, 15) is 4.79 Å². The van der Waals surface area contributed by atoms with Crippen LogP contribution in [0.1, 0.15) is 18.9 Å². The standard InChI is InChI=1S/C12H16Cl2N2O2/c1-3-18-11(17)6-7-16(2)8-9-4-5-10(13)15-12(9)14/h4-5H,3,6-8H2,1-2H3. The first-order valence-electron chi connectivity index (χ1n) is 5.68. The lowest BCUT2D eigenvalue weighted by molar-refractivity contribution is -0.143. The fourth-order valence-electron chi connectivity index (χ4n) is 1.44. The van der Waals surface area contributed by atoms with Crippen molar-refractivity contribution in [2.45, 2.75) is 19.9 Å². The molecule has 0 spiro atoms. The molecule has 0 saturated heterocycles. The van der Waals surface area contributed by atoms with Crippen molar-refractivity contribution in [3.63, 3.8) is 0 Å². The van der Waals surface area contributed by atoms with Crippen LogP contribution >= 0.6 is 23.2 Å². The largest absolute Gasteiger partial charge is 0.466 e. The number of carbonyl (C=O) groups excluding carboxylic acids is 1. The van der Waals surface area contributed by atoms with Crippen molar-refractivity contribution in [2.24, 2.45) is 0 Å². The van der Waals surface area contributed by atoms with Crippen LogP contribution in [0, 0.1) is 0 Å². The zero-order valence-electron chi connectivity index (χ0n) is 10.4. The van der Waals surface area contributed by atoms with Gasteiger partial charge in [0.25, 0.3) is 0 Å². The maximum absolute atomic E-state index is 11.2. The van der Waals surface area contributed by atoms with Crippen molar-refractivity contribution in [3.05, 3.63) is 28.0 Å². The van der Waals surface area contributed by atoms with Gasteiger partial charge in [0.2, 0.25) is 0 Å². The maximum atomic E-state index is 11.2. The number of aromatic nitrogens is 1. The lowest BCUT2D eigenvalue weighted by atomic mass is 10.2. The van der Waals surface area contributed by atoms with Crippen LogP contribution < -0.4 is 0 Å². The third-order valence-corrected chi connectivity index (χ3v) is 2.87. The van der Waals surface area contributed by atoms with Gasteiger partial charge in [0.05, 0.1) is 13.0 Å². The van der Waals surface area contributed by atoms with E-state index in [1.165, 1.54) is 0 Å². The minimum absolute atomic E-state index is 0.190. The molecule has 1 heterocycles. The molecule has 0 N–H and O–H groups in total. The molecule has 0 bridgehead atoms. The molecule has 100 valence electrons. The number of ether oxygens (including phenoxy) is 1. The van der Waals surface area contributed by atoms with Crippen LogP contribution in [0.5, 0.6) is 0 Å². The second-order valence-electron chi connectivity index (χ2n) is 3.88. The van der Waals surface area contributed by atoms with Crippen molar-refractivity contribution in [1.82, 2.24) is 9.88 Å². The van der Waals surface area contributed by atoms with Gasteiger partial charge in [0.1, 0.15) is 10.3 Å². The smallest absolute Gasteiger partial charge is 0.307 e. The Morgan fingerprint density at radius 1 is 1.44 bits per heavy atom. The lowest BCUT2D eigenvalue weighted by Crippen LogP contribution is -2.22. The van der Waals surface area contributed by atoms with Crippen LogP contribution in [0.2, 0.25) is 10.3 Å². The summed E-state index contributed by atoms with van der Waals surface area (Å²) < 4.78 is 4.86. The van der Waals surface area contributed by atoms with E-state index >= 15 is 0 Å². The van der Waals surface area contributed by atoms with Crippen LogP contribution in [0.4, 0.5) is 0 Å². The van der Waals surface area contributed by atoms with E-state index < -0.39 is 0 Å². The molecule has 18 heavy (non-hydrogen) atoms. The molecule has 1 aromatic rings. The quantitative estimate of drug-likeness (QED) is 0.597. The Morgan fingerprint density at radius 2 is 2.17 bits per heavy atom. The van der Waals surface area contributed by atoms with Gasteiger partial charge in [-0.3, -0.25) is 4.79 Å². The maximum Gasteiger partial charge on any atom is 0.307 e. The Balaban J connectivity index is 2.44. The number of halogens is 2. The van der Waals surface area contributed by atoms with Gasteiger partial charge < -0.3 is 9.64 Å². The number of carbonyl (C=O) groups is 1. The highest BCUT2D eigenvalue weighted by molar-refractivity contribution is 6.32. The third kappa shape index (κ3) is 5.21. The monoisotopic (exact) mass is 290 g/mol. The zero-order valence-corrected chi connectivity index (χ0v) is 12.0. The van der Waals surface area contributed by atoms with Gasteiger partial charge in [-0.1, -0.05) is 29.3 Å². The molecule has 4 nitrogen and oxygen atoms in total. The first kappa shape index (κ1) is 15.2. The summed E-state index contributed by atoms with van der Waals surface area (Å²) in [6.07, 6.45) is 0.364. The van der Waals surface area contributed by atoms with E-state index in [0.717, 1.165) is 5.56 Å². The summed E-state index contributed by atoms with van der Waals surface area (Å²) in [5.74, 6) is -0.190. The van der Waals surface area contributed by atoms with Crippen molar-refractivity contribution in [2.75, 3.05) is 20.2 Å². The number of esters is 1. The van der Waals surface area contributed by atoms with Gasteiger partial charge in [0.15, 0.2) is 0 Å². The number of nitrogens with zero attached hydrogens (tertiary/aromatic N) is 2. The summed E-state index contributed by atoms with van der Waals surface area (Å²) >= 11 is 11.7. The molecule has 0 radical (unpaired) electrons. The molecule has 0 unspecified atom stereocenters. The molecule has 0 fully saturated rings. The third-order valence-electron chi connectivity index (χ3n) is 2.34. The summed E-state index contributed by atoms with van der Waals surface area (Å²) in [6, 6.07) is 3.53. The van der Waals surface area contributed by atoms with Gasteiger partial charge in [0, 0.05) is 18.7 Å². The zero-order chi connectivity index (χ0) is 13.5. The number of hydrogen-bond donors (Lipinski definition) is 0. The van der Waals surface area contributed by atoms with Gasteiger partial charge in [-0.2, -0.15) is 0 Å². The first-order valence-corrected chi connectivity index (χ1v) is 6.43. The van der Waals surface area contributed by atoms with Crippen LogP contribution in [0.3, 0.4) is 0 Å². The molecule has 0 aliphatic heterocycles. The van der Waals surface area contributed by atoms with Crippen molar-refractivity contribution in [1.29, 1.82) is 0 Å². The molecule has 0 amide bonds. The summed E-state index contributed by atoms with van der Waals surface area (Å²) in [7, 11) is 1.91. The highest BCUT2D eigenvalue weighted by atomic mass is 35.5. The minimum Gasteiger partial charge on any atom is -0.466 e.